The number of para-hydroxylation sites is 1. The smallest absolute Gasteiger partial charge is 0.335 e. The molecule has 1 aromatic heterocycles. The highest BCUT2D eigenvalue weighted by Crippen LogP contribution is 2.23. The molecule has 0 unspecified atom stereocenters. The number of carboxylic acids is 1. The molecule has 22 heavy (non-hydrogen) atoms. The predicted molar refractivity (Wildman–Crippen MR) is 83.5 cm³/mol. The van der Waals surface area contributed by atoms with Crippen LogP contribution in [-0.2, 0) is 6.54 Å². The van der Waals surface area contributed by atoms with Crippen LogP contribution in [0.5, 0.6) is 5.75 Å². The van der Waals surface area contributed by atoms with Crippen LogP contribution in [0.1, 0.15) is 21.7 Å². The molecule has 0 atom stereocenters. The lowest BCUT2D eigenvalue weighted by Gasteiger charge is -2.11. The van der Waals surface area contributed by atoms with E-state index in [-0.39, 0.29) is 5.56 Å². The van der Waals surface area contributed by atoms with Crippen molar-refractivity contribution in [3.8, 4) is 5.75 Å². The van der Waals surface area contributed by atoms with Crippen molar-refractivity contribution in [2.45, 2.75) is 13.5 Å². The van der Waals surface area contributed by atoms with E-state index in [1.165, 1.54) is 0 Å². The van der Waals surface area contributed by atoms with Crippen molar-refractivity contribution >= 4 is 17.0 Å². The number of carboxylic acid groups (broad SMARTS) is 1. The van der Waals surface area contributed by atoms with Gasteiger partial charge in [-0.05, 0) is 31.2 Å². The van der Waals surface area contributed by atoms with Gasteiger partial charge in [-0.2, -0.15) is 0 Å². The fraction of sp³-hybridized carbons (Fsp3) is 0.176. The fourth-order valence-electron chi connectivity index (χ4n) is 2.58. The first-order valence-electron chi connectivity index (χ1n) is 6.92. The van der Waals surface area contributed by atoms with Crippen LogP contribution in [0.25, 0.3) is 11.0 Å². The molecule has 5 nitrogen and oxygen atoms in total. The Morgan fingerprint density at radius 3 is 2.77 bits per heavy atom. The Kier molecular flexibility index (Phi) is 3.55. The van der Waals surface area contributed by atoms with E-state index in [0.717, 1.165) is 28.2 Å². The third-order valence-electron chi connectivity index (χ3n) is 3.71. The largest absolute Gasteiger partial charge is 0.496 e. The van der Waals surface area contributed by atoms with Gasteiger partial charge in [-0.15, -0.1) is 0 Å². The number of fused-ring (bicyclic) bond motifs is 1. The standard InChI is InChI=1S/C17H16N2O3/c1-11-18-14-8-7-12(17(20)21)9-15(14)19(11)10-13-5-3-4-6-16(13)22-2/h3-9H,10H2,1-2H3,(H,20,21). The number of imidazole rings is 1. The monoisotopic (exact) mass is 296 g/mol. The van der Waals surface area contributed by atoms with Crippen LogP contribution in [0.15, 0.2) is 42.5 Å². The lowest BCUT2D eigenvalue weighted by atomic mass is 10.1. The number of aryl methyl sites for hydroxylation is 1. The van der Waals surface area contributed by atoms with Crippen LogP contribution >= 0.6 is 0 Å². The lowest BCUT2D eigenvalue weighted by molar-refractivity contribution is 0.0697. The van der Waals surface area contributed by atoms with E-state index in [1.807, 2.05) is 35.8 Å². The van der Waals surface area contributed by atoms with Gasteiger partial charge < -0.3 is 14.4 Å². The summed E-state index contributed by atoms with van der Waals surface area (Å²) in [5.41, 5.74) is 2.88. The number of methoxy groups -OCH3 is 1. The van der Waals surface area contributed by atoms with E-state index in [0.29, 0.717) is 6.54 Å². The molecule has 0 saturated heterocycles. The molecular weight excluding hydrogens is 280 g/mol. The maximum atomic E-state index is 11.2. The Balaban J connectivity index is 2.11. The minimum Gasteiger partial charge on any atom is -0.496 e. The van der Waals surface area contributed by atoms with Gasteiger partial charge in [0.05, 0.1) is 30.3 Å². The fourth-order valence-corrected chi connectivity index (χ4v) is 2.58. The van der Waals surface area contributed by atoms with Gasteiger partial charge in [0.2, 0.25) is 0 Å². The second-order valence-corrected chi connectivity index (χ2v) is 5.07. The summed E-state index contributed by atoms with van der Waals surface area (Å²) in [7, 11) is 1.64. The number of aromatic nitrogens is 2. The molecule has 5 heteroatoms. The molecule has 112 valence electrons. The van der Waals surface area contributed by atoms with E-state index < -0.39 is 5.97 Å². The lowest BCUT2D eigenvalue weighted by Crippen LogP contribution is -2.04. The molecule has 3 rings (SSSR count). The van der Waals surface area contributed by atoms with E-state index in [1.54, 1.807) is 25.3 Å². The van der Waals surface area contributed by atoms with Gasteiger partial charge in [0.1, 0.15) is 11.6 Å². The zero-order valence-electron chi connectivity index (χ0n) is 12.4. The molecule has 0 saturated carbocycles. The Bertz CT molecular complexity index is 852. The number of aromatic carboxylic acids is 1. The Morgan fingerprint density at radius 2 is 2.05 bits per heavy atom. The van der Waals surface area contributed by atoms with E-state index in [2.05, 4.69) is 4.98 Å². The third kappa shape index (κ3) is 2.41. The minimum atomic E-state index is -0.940. The number of ether oxygens (including phenoxy) is 1. The second-order valence-electron chi connectivity index (χ2n) is 5.07. The minimum absolute atomic E-state index is 0.258. The van der Waals surface area contributed by atoms with Gasteiger partial charge in [-0.1, -0.05) is 18.2 Å². The number of hydrogen-bond acceptors (Lipinski definition) is 3. The maximum absolute atomic E-state index is 11.2. The summed E-state index contributed by atoms with van der Waals surface area (Å²) >= 11 is 0. The van der Waals surface area contributed by atoms with Crippen molar-refractivity contribution in [1.82, 2.24) is 9.55 Å². The third-order valence-corrected chi connectivity index (χ3v) is 3.71. The summed E-state index contributed by atoms with van der Waals surface area (Å²) < 4.78 is 7.38. The van der Waals surface area contributed by atoms with Crippen LogP contribution in [0.4, 0.5) is 0 Å². The molecular formula is C17H16N2O3. The molecule has 0 bridgehead atoms. The number of carbonyl (C=O) groups is 1. The summed E-state index contributed by atoms with van der Waals surface area (Å²) in [6, 6.07) is 12.7. The Morgan fingerprint density at radius 1 is 1.27 bits per heavy atom. The summed E-state index contributed by atoms with van der Waals surface area (Å²) in [4.78, 5) is 15.7. The number of benzene rings is 2. The van der Waals surface area contributed by atoms with Crippen molar-refractivity contribution in [2.24, 2.45) is 0 Å². The van der Waals surface area contributed by atoms with Crippen molar-refractivity contribution in [2.75, 3.05) is 7.11 Å². The zero-order chi connectivity index (χ0) is 15.7. The van der Waals surface area contributed by atoms with Crippen LogP contribution in [0, 0.1) is 6.92 Å². The summed E-state index contributed by atoms with van der Waals surface area (Å²) in [6.07, 6.45) is 0. The molecule has 1 heterocycles. The molecule has 1 N–H and O–H groups in total. The SMILES string of the molecule is COc1ccccc1Cn1c(C)nc2ccc(C(=O)O)cc21. The number of hydrogen-bond donors (Lipinski definition) is 1. The molecule has 0 aliphatic carbocycles. The highest BCUT2D eigenvalue weighted by atomic mass is 16.5. The molecule has 0 aliphatic rings. The first-order valence-corrected chi connectivity index (χ1v) is 6.92. The topological polar surface area (TPSA) is 64.4 Å². The second kappa shape index (κ2) is 5.52. The molecule has 0 radical (unpaired) electrons. The molecule has 0 fully saturated rings. The van der Waals surface area contributed by atoms with Crippen molar-refractivity contribution < 1.29 is 14.6 Å². The van der Waals surface area contributed by atoms with E-state index in [9.17, 15) is 4.79 Å². The highest BCUT2D eigenvalue weighted by molar-refractivity contribution is 5.92. The summed E-state index contributed by atoms with van der Waals surface area (Å²) in [5.74, 6) is 0.700. The van der Waals surface area contributed by atoms with Gasteiger partial charge in [0.25, 0.3) is 0 Å². The zero-order valence-corrected chi connectivity index (χ0v) is 12.4. The Hall–Kier alpha value is -2.82. The number of rotatable bonds is 4. The van der Waals surface area contributed by atoms with Gasteiger partial charge in [0.15, 0.2) is 0 Å². The highest BCUT2D eigenvalue weighted by Gasteiger charge is 2.12. The Labute approximate surface area is 127 Å². The normalized spacial score (nSPS) is 10.8. The van der Waals surface area contributed by atoms with Gasteiger partial charge in [0, 0.05) is 5.56 Å². The first-order chi connectivity index (χ1) is 10.6. The van der Waals surface area contributed by atoms with Crippen molar-refractivity contribution in [1.29, 1.82) is 0 Å². The van der Waals surface area contributed by atoms with Crippen molar-refractivity contribution in [3.05, 3.63) is 59.4 Å². The van der Waals surface area contributed by atoms with Crippen LogP contribution in [-0.4, -0.2) is 27.7 Å². The van der Waals surface area contributed by atoms with Crippen LogP contribution in [0.3, 0.4) is 0 Å². The number of nitrogens with zero attached hydrogens (tertiary/aromatic N) is 2. The van der Waals surface area contributed by atoms with E-state index >= 15 is 0 Å². The molecule has 0 amide bonds. The first kappa shape index (κ1) is 14.1. The van der Waals surface area contributed by atoms with Gasteiger partial charge in [-0.25, -0.2) is 9.78 Å². The summed E-state index contributed by atoms with van der Waals surface area (Å²) in [6.45, 7) is 2.49. The van der Waals surface area contributed by atoms with Crippen molar-refractivity contribution in [3.63, 3.8) is 0 Å². The summed E-state index contributed by atoms with van der Waals surface area (Å²) in [5, 5.41) is 9.16. The molecule has 0 aliphatic heterocycles. The van der Waals surface area contributed by atoms with E-state index in [4.69, 9.17) is 9.84 Å². The van der Waals surface area contributed by atoms with Crippen LogP contribution in [0.2, 0.25) is 0 Å². The average Bonchev–Trinajstić information content (AvgIpc) is 2.83. The van der Waals surface area contributed by atoms with Gasteiger partial charge >= 0.3 is 5.97 Å². The molecule has 0 spiro atoms. The quantitative estimate of drug-likeness (QED) is 0.803. The predicted octanol–water partition coefficient (Wildman–Crippen LogP) is 3.10. The average molecular weight is 296 g/mol. The molecule has 3 aromatic rings. The molecule has 2 aromatic carbocycles. The maximum Gasteiger partial charge on any atom is 0.335 e. The van der Waals surface area contributed by atoms with Gasteiger partial charge in [-0.3, -0.25) is 0 Å². The van der Waals surface area contributed by atoms with Crippen LogP contribution < -0.4 is 4.74 Å².